The number of hydrogen-bond donors (Lipinski definition) is 1. The number of aromatic nitrogens is 1. The van der Waals surface area contributed by atoms with Crippen LogP contribution in [0.15, 0.2) is 42.0 Å². The number of hydrogen-bond acceptors (Lipinski definition) is 5. The predicted octanol–water partition coefficient (Wildman–Crippen LogP) is 2.27. The number of likely N-dealkylation sites (tertiary alicyclic amines) is 1. The van der Waals surface area contributed by atoms with Crippen LogP contribution in [0.25, 0.3) is 0 Å². The second-order valence-corrected chi connectivity index (χ2v) is 7.33. The number of pyridine rings is 1. The molecule has 2 aromatic rings. The number of nitrogens with two attached hydrogens (primary N) is 1. The van der Waals surface area contributed by atoms with Gasteiger partial charge in [0, 0.05) is 29.9 Å². The van der Waals surface area contributed by atoms with E-state index in [1.807, 2.05) is 34.5 Å². The second kappa shape index (κ2) is 7.88. The van der Waals surface area contributed by atoms with Gasteiger partial charge in [-0.3, -0.25) is 9.78 Å². The molecule has 3 heterocycles. The van der Waals surface area contributed by atoms with Crippen LogP contribution in [-0.2, 0) is 11.3 Å². The molecule has 1 atom stereocenters. The number of amides is 1. The molecule has 24 heavy (non-hydrogen) atoms. The first-order valence-corrected chi connectivity index (χ1v) is 9.20. The maximum Gasteiger partial charge on any atom is 0.245 e. The quantitative estimate of drug-likeness (QED) is 0.904. The average Bonchev–Trinajstić information content (AvgIpc) is 3.15. The molecule has 0 unspecified atom stereocenters. The topological polar surface area (TPSA) is 62.5 Å². The SMILES string of the molecule is CN1CCC(N(Cc2ccncc2)C(=O)[C@@H](N)c2cccs2)CC1. The molecule has 0 spiro atoms. The van der Waals surface area contributed by atoms with Crippen molar-refractivity contribution in [2.24, 2.45) is 5.73 Å². The Bertz CT molecular complexity index is 638. The molecular weight excluding hydrogens is 320 g/mol. The third-order valence-electron chi connectivity index (χ3n) is 4.63. The van der Waals surface area contributed by atoms with Crippen LogP contribution in [-0.4, -0.2) is 46.9 Å². The standard InChI is InChI=1S/C18H24N4OS/c1-21-10-6-15(7-11-21)22(13-14-4-8-20-9-5-14)18(23)17(19)16-3-2-12-24-16/h2-5,8-9,12,15,17H,6-7,10-11,13,19H2,1H3/t17-/m0/s1. The minimum absolute atomic E-state index is 0.0174. The molecule has 3 rings (SSSR count). The van der Waals surface area contributed by atoms with Crippen molar-refractivity contribution in [3.8, 4) is 0 Å². The van der Waals surface area contributed by atoms with E-state index in [-0.39, 0.29) is 11.9 Å². The summed E-state index contributed by atoms with van der Waals surface area (Å²) in [6.07, 6.45) is 5.52. The highest BCUT2D eigenvalue weighted by atomic mass is 32.1. The fourth-order valence-electron chi connectivity index (χ4n) is 3.15. The lowest BCUT2D eigenvalue weighted by Crippen LogP contribution is -2.48. The Morgan fingerprint density at radius 3 is 2.71 bits per heavy atom. The van der Waals surface area contributed by atoms with Gasteiger partial charge in [0.15, 0.2) is 0 Å². The summed E-state index contributed by atoms with van der Waals surface area (Å²) < 4.78 is 0. The molecule has 5 nitrogen and oxygen atoms in total. The Balaban J connectivity index is 1.79. The predicted molar refractivity (Wildman–Crippen MR) is 96.6 cm³/mol. The van der Waals surface area contributed by atoms with Gasteiger partial charge in [0.05, 0.1) is 0 Å². The Labute approximate surface area is 147 Å². The van der Waals surface area contributed by atoms with Crippen LogP contribution >= 0.6 is 11.3 Å². The minimum atomic E-state index is -0.577. The summed E-state index contributed by atoms with van der Waals surface area (Å²) in [7, 11) is 2.13. The lowest BCUT2D eigenvalue weighted by atomic mass is 10.0. The largest absolute Gasteiger partial charge is 0.334 e. The highest BCUT2D eigenvalue weighted by Gasteiger charge is 2.31. The zero-order chi connectivity index (χ0) is 16.9. The molecule has 0 bridgehead atoms. The van der Waals surface area contributed by atoms with Crippen LogP contribution in [0.4, 0.5) is 0 Å². The Morgan fingerprint density at radius 2 is 2.08 bits per heavy atom. The number of carbonyl (C=O) groups excluding carboxylic acids is 1. The molecule has 0 saturated carbocycles. The maximum absolute atomic E-state index is 13.1. The van der Waals surface area contributed by atoms with Crippen LogP contribution in [0, 0.1) is 0 Å². The molecule has 1 aliphatic rings. The maximum atomic E-state index is 13.1. The number of carbonyl (C=O) groups is 1. The van der Waals surface area contributed by atoms with E-state index >= 15 is 0 Å². The van der Waals surface area contributed by atoms with Crippen molar-refractivity contribution in [1.82, 2.24) is 14.8 Å². The monoisotopic (exact) mass is 344 g/mol. The third kappa shape index (κ3) is 4.01. The summed E-state index contributed by atoms with van der Waals surface area (Å²) in [6.45, 7) is 2.62. The first-order chi connectivity index (χ1) is 11.6. The molecule has 6 heteroatoms. The number of nitrogens with zero attached hydrogens (tertiary/aromatic N) is 3. The summed E-state index contributed by atoms with van der Waals surface area (Å²) in [5.41, 5.74) is 7.36. The van der Waals surface area contributed by atoms with E-state index in [2.05, 4.69) is 16.9 Å². The van der Waals surface area contributed by atoms with Gasteiger partial charge < -0.3 is 15.5 Å². The normalized spacial score (nSPS) is 17.6. The van der Waals surface area contributed by atoms with E-state index in [1.165, 1.54) is 11.3 Å². The van der Waals surface area contributed by atoms with Gasteiger partial charge >= 0.3 is 0 Å². The number of piperidine rings is 1. The summed E-state index contributed by atoms with van der Waals surface area (Å²) >= 11 is 1.54. The minimum Gasteiger partial charge on any atom is -0.334 e. The zero-order valence-electron chi connectivity index (χ0n) is 14.0. The third-order valence-corrected chi connectivity index (χ3v) is 5.59. The molecular formula is C18H24N4OS. The van der Waals surface area contributed by atoms with Crippen molar-refractivity contribution in [2.45, 2.75) is 31.5 Å². The van der Waals surface area contributed by atoms with Gasteiger partial charge in [-0.1, -0.05) is 6.07 Å². The molecule has 2 aromatic heterocycles. The molecule has 0 aliphatic carbocycles. The van der Waals surface area contributed by atoms with Crippen LogP contribution in [0.3, 0.4) is 0 Å². The van der Waals surface area contributed by atoms with E-state index in [1.54, 1.807) is 12.4 Å². The Kier molecular flexibility index (Phi) is 5.60. The summed E-state index contributed by atoms with van der Waals surface area (Å²) in [6, 6.07) is 7.47. The van der Waals surface area contributed by atoms with Crippen molar-refractivity contribution >= 4 is 17.2 Å². The molecule has 0 radical (unpaired) electrons. The van der Waals surface area contributed by atoms with E-state index in [0.717, 1.165) is 36.4 Å². The highest BCUT2D eigenvalue weighted by Crippen LogP contribution is 2.24. The highest BCUT2D eigenvalue weighted by molar-refractivity contribution is 7.10. The molecule has 128 valence electrons. The first kappa shape index (κ1) is 17.1. The first-order valence-electron chi connectivity index (χ1n) is 8.32. The fourth-order valence-corrected chi connectivity index (χ4v) is 3.87. The van der Waals surface area contributed by atoms with Crippen molar-refractivity contribution in [2.75, 3.05) is 20.1 Å². The Hall–Kier alpha value is -1.76. The lowest BCUT2D eigenvalue weighted by molar-refractivity contribution is -0.136. The summed E-state index contributed by atoms with van der Waals surface area (Å²) in [5, 5.41) is 1.96. The van der Waals surface area contributed by atoms with Gasteiger partial charge in [0.1, 0.15) is 6.04 Å². The van der Waals surface area contributed by atoms with Gasteiger partial charge in [0.2, 0.25) is 5.91 Å². The van der Waals surface area contributed by atoms with Gasteiger partial charge in [-0.15, -0.1) is 11.3 Å². The van der Waals surface area contributed by atoms with Gasteiger partial charge in [0.25, 0.3) is 0 Å². The summed E-state index contributed by atoms with van der Waals surface area (Å²) in [4.78, 5) is 22.4. The molecule has 0 aromatic carbocycles. The van der Waals surface area contributed by atoms with Crippen LogP contribution < -0.4 is 5.73 Å². The van der Waals surface area contributed by atoms with Gasteiger partial charge in [-0.05, 0) is 62.1 Å². The average molecular weight is 344 g/mol. The van der Waals surface area contributed by atoms with Crippen LogP contribution in [0.1, 0.15) is 29.3 Å². The van der Waals surface area contributed by atoms with E-state index < -0.39 is 6.04 Å². The van der Waals surface area contributed by atoms with Crippen molar-refractivity contribution in [1.29, 1.82) is 0 Å². The lowest BCUT2D eigenvalue weighted by Gasteiger charge is -2.38. The molecule has 1 aliphatic heterocycles. The van der Waals surface area contributed by atoms with Gasteiger partial charge in [-0.25, -0.2) is 0 Å². The van der Waals surface area contributed by atoms with E-state index in [4.69, 9.17) is 5.73 Å². The number of thiophene rings is 1. The molecule has 1 saturated heterocycles. The Morgan fingerprint density at radius 1 is 1.38 bits per heavy atom. The van der Waals surface area contributed by atoms with Crippen molar-refractivity contribution < 1.29 is 4.79 Å². The van der Waals surface area contributed by atoms with Crippen molar-refractivity contribution in [3.05, 3.63) is 52.5 Å². The number of rotatable bonds is 5. The zero-order valence-corrected chi connectivity index (χ0v) is 14.8. The van der Waals surface area contributed by atoms with Gasteiger partial charge in [-0.2, -0.15) is 0 Å². The molecule has 1 amide bonds. The van der Waals surface area contributed by atoms with E-state index in [0.29, 0.717) is 6.54 Å². The summed E-state index contributed by atoms with van der Waals surface area (Å²) in [5.74, 6) is 0.0174. The second-order valence-electron chi connectivity index (χ2n) is 6.35. The van der Waals surface area contributed by atoms with Crippen molar-refractivity contribution in [3.63, 3.8) is 0 Å². The smallest absolute Gasteiger partial charge is 0.245 e. The fraction of sp³-hybridized carbons (Fsp3) is 0.444. The van der Waals surface area contributed by atoms with E-state index in [9.17, 15) is 4.79 Å². The van der Waals surface area contributed by atoms with Crippen LogP contribution in [0.5, 0.6) is 0 Å². The van der Waals surface area contributed by atoms with Crippen LogP contribution in [0.2, 0.25) is 0 Å². The molecule has 2 N–H and O–H groups in total. The molecule has 1 fully saturated rings.